The third kappa shape index (κ3) is 6.10. The molecule has 0 saturated carbocycles. The Morgan fingerprint density at radius 2 is 1.98 bits per heavy atom. The van der Waals surface area contributed by atoms with Gasteiger partial charge in [0.2, 0.25) is 6.79 Å². The Morgan fingerprint density at radius 1 is 1.19 bits per heavy atom. The number of rotatable bonds is 8. The molecule has 0 radical (unpaired) electrons. The van der Waals surface area contributed by atoms with Gasteiger partial charge in [-0.15, -0.1) is 11.3 Å². The first-order valence-corrected chi connectivity index (χ1v) is 15.6. The summed E-state index contributed by atoms with van der Waals surface area (Å²) in [6.07, 6.45) is -0.648. The van der Waals surface area contributed by atoms with Gasteiger partial charge in [-0.3, -0.25) is 9.52 Å². The van der Waals surface area contributed by atoms with Crippen LogP contribution in [0.5, 0.6) is 17.2 Å². The van der Waals surface area contributed by atoms with Gasteiger partial charge in [0.05, 0.1) is 30.4 Å². The van der Waals surface area contributed by atoms with Gasteiger partial charge in [-0.05, 0) is 42.6 Å². The molecule has 3 N–H and O–H groups in total. The topological polar surface area (TPSA) is 147 Å². The van der Waals surface area contributed by atoms with Crippen molar-refractivity contribution in [3.05, 3.63) is 59.5 Å². The van der Waals surface area contributed by atoms with E-state index in [-0.39, 0.29) is 53.6 Å². The first kappa shape index (κ1) is 29.5. The lowest BCUT2D eigenvalue weighted by Gasteiger charge is -2.38. The number of carbonyl (C=O) groups is 2. The number of fused-ring (bicyclic) bond motifs is 2. The fraction of sp³-hybridized carbons (Fsp3) is 0.357. The zero-order chi connectivity index (χ0) is 30.0. The van der Waals surface area contributed by atoms with Crippen LogP contribution >= 0.6 is 11.3 Å². The molecule has 1 aromatic heterocycles. The number of urea groups is 1. The van der Waals surface area contributed by atoms with Gasteiger partial charge in [-0.25, -0.2) is 13.2 Å². The van der Waals surface area contributed by atoms with Crippen LogP contribution in [0.25, 0.3) is 0 Å². The number of amides is 3. The number of thiophene rings is 1. The minimum absolute atomic E-state index is 0.0545. The maximum Gasteiger partial charge on any atom is 0.321 e. The number of sulfonamides is 1. The van der Waals surface area contributed by atoms with E-state index < -0.39 is 34.1 Å². The summed E-state index contributed by atoms with van der Waals surface area (Å²) in [7, 11) is -2.34. The van der Waals surface area contributed by atoms with Crippen LogP contribution < -0.4 is 24.2 Å². The number of nitrogens with zero attached hydrogens (tertiary/aromatic N) is 2. The van der Waals surface area contributed by atoms with Crippen molar-refractivity contribution in [3.8, 4) is 17.2 Å². The van der Waals surface area contributed by atoms with Crippen LogP contribution in [0.2, 0.25) is 0 Å². The Kier molecular flexibility index (Phi) is 8.48. The van der Waals surface area contributed by atoms with E-state index in [9.17, 15) is 23.1 Å². The summed E-state index contributed by atoms with van der Waals surface area (Å²) in [5.41, 5.74) is 0.760. The zero-order valence-corrected chi connectivity index (χ0v) is 24.9. The summed E-state index contributed by atoms with van der Waals surface area (Å²) in [6, 6.07) is 11.9. The molecule has 0 spiro atoms. The molecule has 0 fully saturated rings. The first-order valence-electron chi connectivity index (χ1n) is 13.3. The molecule has 3 amide bonds. The molecule has 0 saturated heterocycles. The van der Waals surface area contributed by atoms with Crippen molar-refractivity contribution in [2.75, 3.05) is 43.6 Å². The van der Waals surface area contributed by atoms with Crippen LogP contribution in [0.4, 0.5) is 16.2 Å². The van der Waals surface area contributed by atoms with E-state index in [0.29, 0.717) is 17.2 Å². The molecule has 3 heterocycles. The second kappa shape index (κ2) is 12.1. The monoisotopic (exact) mass is 616 g/mol. The van der Waals surface area contributed by atoms with Crippen LogP contribution in [-0.2, 0) is 10.0 Å². The highest BCUT2D eigenvalue weighted by molar-refractivity contribution is 7.94. The average Bonchev–Trinajstić information content (AvgIpc) is 3.67. The molecular formula is C28H32N4O8S2. The lowest BCUT2D eigenvalue weighted by atomic mass is 9.99. The highest BCUT2D eigenvalue weighted by Crippen LogP contribution is 2.37. The number of aliphatic hydroxyl groups excluding tert-OH is 1. The standard InChI is InChI=1S/C28H32N4O8S2/c1-17-13-32(18(2)15-33)27(34)20-6-4-7-21(30-42(36,37)25-8-5-11-41-25)26(20)40-24(17)14-31(3)28(35)29-19-9-10-22-23(12-19)39-16-38-22/h4-12,17-18,24,30,33H,13-16H2,1-3H3,(H,29,35)/t17-,18-,24+/m1/s1. The van der Waals surface area contributed by atoms with E-state index in [0.717, 1.165) is 11.3 Å². The molecule has 2 aromatic carbocycles. The highest BCUT2D eigenvalue weighted by Gasteiger charge is 2.35. The fourth-order valence-corrected chi connectivity index (χ4v) is 6.75. The summed E-state index contributed by atoms with van der Waals surface area (Å²) < 4.78 is 46.0. The summed E-state index contributed by atoms with van der Waals surface area (Å²) >= 11 is 1.06. The Bertz CT molecular complexity index is 1560. The highest BCUT2D eigenvalue weighted by atomic mass is 32.2. The molecule has 12 nitrogen and oxygen atoms in total. The fourth-order valence-electron chi connectivity index (χ4n) is 4.70. The maximum absolute atomic E-state index is 13.7. The smallest absolute Gasteiger partial charge is 0.321 e. The van der Waals surface area contributed by atoms with Gasteiger partial charge in [0.15, 0.2) is 17.2 Å². The van der Waals surface area contributed by atoms with Crippen molar-refractivity contribution in [2.24, 2.45) is 5.92 Å². The molecule has 2 aliphatic rings. The van der Waals surface area contributed by atoms with Crippen molar-refractivity contribution < 1.29 is 37.3 Å². The van der Waals surface area contributed by atoms with E-state index in [1.54, 1.807) is 60.6 Å². The molecule has 3 aromatic rings. The number of para-hydroxylation sites is 1. The van der Waals surface area contributed by atoms with Crippen molar-refractivity contribution in [2.45, 2.75) is 30.2 Å². The van der Waals surface area contributed by atoms with E-state index in [1.165, 1.54) is 17.0 Å². The lowest BCUT2D eigenvalue weighted by Crippen LogP contribution is -2.50. The molecule has 5 rings (SSSR count). The normalized spacial score (nSPS) is 18.8. The molecule has 14 heteroatoms. The SMILES string of the molecule is C[C@@H]1CN([C@H](C)CO)C(=O)c2cccc(NS(=O)(=O)c3cccs3)c2O[C@H]1CN(C)C(=O)Nc1ccc2c(c1)OCO2. The second-order valence-corrected chi connectivity index (χ2v) is 13.1. The van der Waals surface area contributed by atoms with Crippen LogP contribution in [0.3, 0.4) is 0 Å². The van der Waals surface area contributed by atoms with E-state index in [4.69, 9.17) is 14.2 Å². The number of benzene rings is 2. The molecule has 3 atom stereocenters. The summed E-state index contributed by atoms with van der Waals surface area (Å²) in [6.45, 7) is 3.82. The van der Waals surface area contributed by atoms with Gasteiger partial charge < -0.3 is 34.4 Å². The summed E-state index contributed by atoms with van der Waals surface area (Å²) in [5.74, 6) is 0.475. The number of hydrogen-bond acceptors (Lipinski definition) is 9. The molecule has 42 heavy (non-hydrogen) atoms. The first-order chi connectivity index (χ1) is 20.1. The van der Waals surface area contributed by atoms with Crippen molar-refractivity contribution >= 4 is 44.7 Å². The predicted molar refractivity (Wildman–Crippen MR) is 157 cm³/mol. The molecule has 0 unspecified atom stereocenters. The Morgan fingerprint density at radius 3 is 2.71 bits per heavy atom. The number of hydrogen-bond donors (Lipinski definition) is 3. The van der Waals surface area contributed by atoms with E-state index >= 15 is 0 Å². The third-order valence-electron chi connectivity index (χ3n) is 7.12. The molecule has 2 aliphatic heterocycles. The number of ether oxygens (including phenoxy) is 3. The summed E-state index contributed by atoms with van der Waals surface area (Å²) in [4.78, 5) is 29.8. The van der Waals surface area contributed by atoms with Crippen molar-refractivity contribution in [3.63, 3.8) is 0 Å². The predicted octanol–water partition coefficient (Wildman–Crippen LogP) is 3.66. The largest absolute Gasteiger partial charge is 0.485 e. The van der Waals surface area contributed by atoms with Gasteiger partial charge in [0.1, 0.15) is 10.3 Å². The van der Waals surface area contributed by atoms with Gasteiger partial charge >= 0.3 is 6.03 Å². The van der Waals surface area contributed by atoms with Crippen molar-refractivity contribution in [1.29, 1.82) is 0 Å². The minimum Gasteiger partial charge on any atom is -0.485 e. The van der Waals surface area contributed by atoms with Gasteiger partial charge in [0, 0.05) is 31.3 Å². The number of likely N-dealkylation sites (N-methyl/N-ethyl adjacent to an activating group) is 1. The van der Waals surface area contributed by atoms with Crippen LogP contribution in [0.15, 0.2) is 58.1 Å². The molecule has 224 valence electrons. The Labute approximate surface area is 247 Å². The van der Waals surface area contributed by atoms with Crippen LogP contribution in [-0.4, -0.2) is 80.9 Å². The maximum atomic E-state index is 13.7. The van der Waals surface area contributed by atoms with Gasteiger partial charge in [0.25, 0.3) is 15.9 Å². The minimum atomic E-state index is -3.95. The van der Waals surface area contributed by atoms with Crippen LogP contribution in [0, 0.1) is 5.92 Å². The second-order valence-electron chi connectivity index (χ2n) is 10.2. The van der Waals surface area contributed by atoms with Crippen molar-refractivity contribution in [1.82, 2.24) is 9.80 Å². The Hall–Kier alpha value is -4.01. The quantitative estimate of drug-likeness (QED) is 0.348. The third-order valence-corrected chi connectivity index (χ3v) is 9.88. The number of nitrogens with one attached hydrogen (secondary N) is 2. The molecule has 0 aliphatic carbocycles. The summed E-state index contributed by atoms with van der Waals surface area (Å²) in [5, 5.41) is 14.4. The number of anilines is 2. The lowest BCUT2D eigenvalue weighted by molar-refractivity contribution is 0.0373. The number of carbonyl (C=O) groups excluding carboxylic acids is 2. The number of aliphatic hydroxyl groups is 1. The van der Waals surface area contributed by atoms with Gasteiger partial charge in [-0.1, -0.05) is 19.1 Å². The van der Waals surface area contributed by atoms with Crippen LogP contribution in [0.1, 0.15) is 24.2 Å². The zero-order valence-electron chi connectivity index (χ0n) is 23.3. The average molecular weight is 617 g/mol. The van der Waals surface area contributed by atoms with E-state index in [2.05, 4.69) is 10.0 Å². The molecular weight excluding hydrogens is 584 g/mol. The van der Waals surface area contributed by atoms with Gasteiger partial charge in [-0.2, -0.15) is 0 Å². The molecule has 0 bridgehead atoms. The Balaban J connectivity index is 1.43. The van der Waals surface area contributed by atoms with E-state index in [1.807, 2.05) is 6.92 Å².